The third kappa shape index (κ3) is 1.18. The van der Waals surface area contributed by atoms with Gasteiger partial charge in [0.1, 0.15) is 0 Å². The normalized spacial score (nSPS) is 30.8. The number of hydrogen-bond donors (Lipinski definition) is 1. The van der Waals surface area contributed by atoms with Crippen molar-refractivity contribution < 1.29 is 0 Å². The van der Waals surface area contributed by atoms with Crippen LogP contribution in [0.25, 0.3) is 0 Å². The maximum absolute atomic E-state index is 5.57. The lowest BCUT2D eigenvalue weighted by Crippen LogP contribution is -2.23. The Morgan fingerprint density at radius 1 is 1.67 bits per heavy atom. The fraction of sp³-hybridized carbons (Fsp3) is 0.714. The average molecular weight is 123 g/mol. The Morgan fingerprint density at radius 3 is 2.56 bits per heavy atom. The summed E-state index contributed by atoms with van der Waals surface area (Å²) in [6, 6.07) is 0. The van der Waals surface area contributed by atoms with Crippen LogP contribution < -0.4 is 5.64 Å². The van der Waals surface area contributed by atoms with Crippen LogP contribution in [-0.4, -0.2) is 7.41 Å². The lowest BCUT2D eigenvalue weighted by Gasteiger charge is -2.23. The molecule has 1 nitrogen and oxygen atoms in total. The van der Waals surface area contributed by atoms with Crippen LogP contribution in [-0.2, 0) is 0 Å². The second-order valence-corrected chi connectivity index (χ2v) is 3.39. The highest BCUT2D eigenvalue weighted by molar-refractivity contribution is 6.33. The highest BCUT2D eigenvalue weighted by Gasteiger charge is 2.28. The molecular weight excluding hydrogens is 109 g/mol. The molecule has 0 fully saturated rings. The molecule has 0 saturated carbocycles. The van der Waals surface area contributed by atoms with Crippen molar-refractivity contribution in [1.82, 2.24) is 0 Å². The molecule has 0 spiro atoms. The minimum absolute atomic E-state index is 0.356. The number of allylic oxidation sites excluding steroid dienone is 2. The van der Waals surface area contributed by atoms with Gasteiger partial charge < -0.3 is 5.64 Å². The summed E-state index contributed by atoms with van der Waals surface area (Å²) >= 11 is 0. The van der Waals surface area contributed by atoms with Crippen molar-refractivity contribution in [2.45, 2.75) is 26.1 Å². The summed E-state index contributed by atoms with van der Waals surface area (Å²) in [5.74, 6) is 0.678. The lowest BCUT2D eigenvalue weighted by molar-refractivity contribution is 0.466. The zero-order valence-electron chi connectivity index (χ0n) is 6.22. The molecule has 0 saturated heterocycles. The first kappa shape index (κ1) is 6.88. The van der Waals surface area contributed by atoms with E-state index < -0.39 is 0 Å². The van der Waals surface area contributed by atoms with Gasteiger partial charge >= 0.3 is 0 Å². The van der Waals surface area contributed by atoms with Gasteiger partial charge in [-0.25, -0.2) is 0 Å². The molecule has 0 aliphatic heterocycles. The van der Waals surface area contributed by atoms with Crippen LogP contribution in [0.4, 0.5) is 0 Å². The number of rotatable bonds is 1. The van der Waals surface area contributed by atoms with Crippen LogP contribution in [0.5, 0.6) is 0 Å². The zero-order chi connectivity index (χ0) is 6.91. The quantitative estimate of drug-likeness (QED) is 0.409. The van der Waals surface area contributed by atoms with E-state index in [2.05, 4.69) is 26.0 Å². The Bertz CT molecular complexity index is 129. The van der Waals surface area contributed by atoms with Crippen molar-refractivity contribution in [3.8, 4) is 0 Å². The third-order valence-corrected chi connectivity index (χ3v) is 2.30. The molecule has 50 valence electrons. The van der Waals surface area contributed by atoms with Gasteiger partial charge in [-0.3, -0.25) is 0 Å². The second kappa shape index (κ2) is 2.18. The summed E-state index contributed by atoms with van der Waals surface area (Å²) in [5, 5.41) is 0. The molecule has 2 heteroatoms. The molecule has 0 amide bonds. The van der Waals surface area contributed by atoms with Crippen LogP contribution in [0.1, 0.15) is 20.3 Å². The summed E-state index contributed by atoms with van der Waals surface area (Å²) in [4.78, 5) is 0. The molecule has 0 bridgehead atoms. The molecule has 9 heavy (non-hydrogen) atoms. The van der Waals surface area contributed by atoms with E-state index in [4.69, 9.17) is 5.64 Å². The summed E-state index contributed by atoms with van der Waals surface area (Å²) in [6.45, 7) is 4.49. The molecule has 1 aliphatic rings. The van der Waals surface area contributed by atoms with E-state index in [1.165, 1.54) is 6.42 Å². The Labute approximate surface area is 57.6 Å². The van der Waals surface area contributed by atoms with Crippen LogP contribution in [0.3, 0.4) is 0 Å². The van der Waals surface area contributed by atoms with E-state index >= 15 is 0 Å². The lowest BCUT2D eigenvalue weighted by atomic mass is 9.63. The van der Waals surface area contributed by atoms with Gasteiger partial charge in [0.2, 0.25) is 7.41 Å². The van der Waals surface area contributed by atoms with Crippen molar-refractivity contribution in [2.24, 2.45) is 11.1 Å². The maximum atomic E-state index is 5.57. The molecule has 0 aromatic heterocycles. The molecule has 0 heterocycles. The second-order valence-electron chi connectivity index (χ2n) is 3.39. The largest absolute Gasteiger partial charge is 0.372 e. The molecular formula is C7H14BN. The Hall–Kier alpha value is -0.235. The predicted molar refractivity (Wildman–Crippen MR) is 42.6 cm³/mol. The monoisotopic (exact) mass is 123 g/mol. The van der Waals surface area contributed by atoms with Gasteiger partial charge in [-0.2, -0.15) is 0 Å². The molecule has 0 radical (unpaired) electrons. The maximum Gasteiger partial charge on any atom is 0.202 e. The van der Waals surface area contributed by atoms with Gasteiger partial charge in [0.15, 0.2) is 0 Å². The first-order chi connectivity index (χ1) is 4.17. The minimum Gasteiger partial charge on any atom is -0.372 e. The minimum atomic E-state index is 0.356. The topological polar surface area (TPSA) is 26.0 Å². The van der Waals surface area contributed by atoms with E-state index in [0.717, 1.165) is 7.41 Å². The van der Waals surface area contributed by atoms with Gasteiger partial charge in [-0.15, -0.1) is 0 Å². The van der Waals surface area contributed by atoms with Gasteiger partial charge in [0.05, 0.1) is 0 Å². The Balaban J connectivity index is 2.60. The fourth-order valence-electron chi connectivity index (χ4n) is 1.38. The van der Waals surface area contributed by atoms with E-state index in [0.29, 0.717) is 11.2 Å². The summed E-state index contributed by atoms with van der Waals surface area (Å²) in [5.41, 5.74) is 5.93. The molecule has 1 rings (SSSR count). The van der Waals surface area contributed by atoms with Crippen LogP contribution >= 0.6 is 0 Å². The highest BCUT2D eigenvalue weighted by atomic mass is 14.4. The van der Waals surface area contributed by atoms with Crippen LogP contribution in [0, 0.1) is 5.41 Å². The van der Waals surface area contributed by atoms with Crippen molar-refractivity contribution in [1.29, 1.82) is 0 Å². The number of nitrogens with two attached hydrogens (primary N) is 1. The molecule has 0 aromatic carbocycles. The smallest absolute Gasteiger partial charge is 0.202 e. The SMILES string of the molecule is CC1(C)C=CCC1BN. The first-order valence-electron chi connectivity index (χ1n) is 3.54. The molecule has 1 unspecified atom stereocenters. The van der Waals surface area contributed by atoms with E-state index in [-0.39, 0.29) is 0 Å². The molecule has 0 aromatic rings. The van der Waals surface area contributed by atoms with Crippen LogP contribution in [0.15, 0.2) is 12.2 Å². The predicted octanol–water partition coefficient (Wildman–Crippen LogP) is 1.07. The van der Waals surface area contributed by atoms with E-state index in [1.54, 1.807) is 0 Å². The van der Waals surface area contributed by atoms with Crippen molar-refractivity contribution in [2.75, 3.05) is 0 Å². The summed E-state index contributed by atoms with van der Waals surface area (Å²) < 4.78 is 0. The van der Waals surface area contributed by atoms with Crippen LogP contribution in [0.2, 0.25) is 5.82 Å². The van der Waals surface area contributed by atoms with Gasteiger partial charge in [-0.05, 0) is 17.7 Å². The van der Waals surface area contributed by atoms with E-state index in [9.17, 15) is 0 Å². The summed E-state index contributed by atoms with van der Waals surface area (Å²) in [6.07, 6.45) is 5.67. The van der Waals surface area contributed by atoms with Gasteiger partial charge in [-0.1, -0.05) is 26.0 Å². The average Bonchev–Trinajstić information content (AvgIpc) is 2.08. The summed E-state index contributed by atoms with van der Waals surface area (Å²) in [7, 11) is 0.819. The van der Waals surface area contributed by atoms with E-state index in [1.807, 2.05) is 0 Å². The third-order valence-electron chi connectivity index (χ3n) is 2.30. The molecule has 2 N–H and O–H groups in total. The highest BCUT2D eigenvalue weighted by Crippen LogP contribution is 2.39. The number of hydrogen-bond acceptors (Lipinski definition) is 1. The Kier molecular flexibility index (Phi) is 1.67. The molecule has 1 aliphatic carbocycles. The standard InChI is InChI=1S/C7H14BN/c1-7(2)5-3-4-6(7)8-9/h3,5-6,8H,4,9H2,1-2H3. The molecule has 1 atom stereocenters. The van der Waals surface area contributed by atoms with Gasteiger partial charge in [0, 0.05) is 0 Å². The first-order valence-corrected chi connectivity index (χ1v) is 3.54. The zero-order valence-corrected chi connectivity index (χ0v) is 6.22. The van der Waals surface area contributed by atoms with Crippen molar-refractivity contribution >= 4 is 7.41 Å². The fourth-order valence-corrected chi connectivity index (χ4v) is 1.38. The Morgan fingerprint density at radius 2 is 2.33 bits per heavy atom. The van der Waals surface area contributed by atoms with Gasteiger partial charge in [0.25, 0.3) is 0 Å². The van der Waals surface area contributed by atoms with Crippen molar-refractivity contribution in [3.05, 3.63) is 12.2 Å². The van der Waals surface area contributed by atoms with Crippen molar-refractivity contribution in [3.63, 3.8) is 0 Å².